The van der Waals surface area contributed by atoms with Crippen LogP contribution in [-0.2, 0) is 6.61 Å². The van der Waals surface area contributed by atoms with Crippen LogP contribution in [-0.4, -0.2) is 14.9 Å². The van der Waals surface area contributed by atoms with Crippen LogP contribution in [0.15, 0.2) is 97.1 Å². The number of hydrogen-bond acceptors (Lipinski definition) is 6. The van der Waals surface area contributed by atoms with Crippen LogP contribution < -0.4 is 10.1 Å². The molecular formula is C27H19ClN4O3. The highest BCUT2D eigenvalue weighted by molar-refractivity contribution is 6.31. The van der Waals surface area contributed by atoms with Crippen LogP contribution in [0.3, 0.4) is 0 Å². The molecule has 8 heteroatoms. The lowest BCUT2D eigenvalue weighted by Gasteiger charge is -2.12. The van der Waals surface area contributed by atoms with E-state index in [1.165, 1.54) is 12.1 Å². The molecule has 0 amide bonds. The molecule has 172 valence electrons. The third kappa shape index (κ3) is 5.05. The minimum absolute atomic E-state index is 0.0183. The molecule has 1 aromatic heterocycles. The summed E-state index contributed by atoms with van der Waals surface area (Å²) < 4.78 is 5.87. The number of ether oxygens (including phenoxy) is 1. The first-order chi connectivity index (χ1) is 17.1. The number of rotatable bonds is 7. The van der Waals surface area contributed by atoms with Crippen LogP contribution in [0.2, 0.25) is 5.02 Å². The van der Waals surface area contributed by atoms with Crippen LogP contribution >= 0.6 is 11.6 Å². The predicted molar refractivity (Wildman–Crippen MR) is 137 cm³/mol. The van der Waals surface area contributed by atoms with E-state index >= 15 is 0 Å². The van der Waals surface area contributed by atoms with E-state index in [4.69, 9.17) is 21.3 Å². The van der Waals surface area contributed by atoms with Gasteiger partial charge in [-0.3, -0.25) is 10.1 Å². The maximum absolute atomic E-state index is 11.0. The Bertz CT molecular complexity index is 1510. The summed E-state index contributed by atoms with van der Waals surface area (Å²) in [5, 5.41) is 15.9. The van der Waals surface area contributed by atoms with Gasteiger partial charge in [-0.1, -0.05) is 41.9 Å². The lowest BCUT2D eigenvalue weighted by atomic mass is 10.1. The topological polar surface area (TPSA) is 90.2 Å². The van der Waals surface area contributed by atoms with Crippen LogP contribution in [0, 0.1) is 10.1 Å². The van der Waals surface area contributed by atoms with Crippen LogP contribution in [0.25, 0.3) is 22.3 Å². The lowest BCUT2D eigenvalue weighted by molar-refractivity contribution is -0.384. The van der Waals surface area contributed by atoms with E-state index in [-0.39, 0.29) is 5.69 Å². The van der Waals surface area contributed by atoms with Gasteiger partial charge in [0, 0.05) is 39.4 Å². The summed E-state index contributed by atoms with van der Waals surface area (Å²) in [5.74, 6) is 1.82. The number of para-hydroxylation sites is 1. The molecule has 0 radical (unpaired) electrons. The molecule has 0 saturated carbocycles. The average molecular weight is 483 g/mol. The van der Waals surface area contributed by atoms with Gasteiger partial charge in [0.1, 0.15) is 18.2 Å². The van der Waals surface area contributed by atoms with E-state index in [0.717, 1.165) is 27.9 Å². The van der Waals surface area contributed by atoms with Crippen molar-refractivity contribution < 1.29 is 9.66 Å². The minimum Gasteiger partial charge on any atom is -0.489 e. The lowest BCUT2D eigenvalue weighted by Crippen LogP contribution is -2.00. The summed E-state index contributed by atoms with van der Waals surface area (Å²) >= 11 is 6.20. The van der Waals surface area contributed by atoms with Crippen molar-refractivity contribution in [1.82, 2.24) is 9.97 Å². The predicted octanol–water partition coefficient (Wildman–Crippen LogP) is 7.18. The number of non-ortho nitro benzene ring substituents is 1. The van der Waals surface area contributed by atoms with Gasteiger partial charge in [-0.15, -0.1) is 0 Å². The molecule has 4 aromatic carbocycles. The number of hydrogen-bond donors (Lipinski definition) is 1. The minimum atomic E-state index is -0.431. The largest absolute Gasteiger partial charge is 0.489 e. The molecule has 1 N–H and O–H groups in total. The van der Waals surface area contributed by atoms with Crippen molar-refractivity contribution in [3.05, 3.63) is 118 Å². The smallest absolute Gasteiger partial charge is 0.269 e. The van der Waals surface area contributed by atoms with E-state index in [2.05, 4.69) is 10.3 Å². The number of aromatic nitrogens is 2. The SMILES string of the molecule is O=[N+]([O-])c1ccc(-c2nc(Nc3ccc(OCc4ccccc4Cl)cc3)c3ccccc3n2)cc1. The summed E-state index contributed by atoms with van der Waals surface area (Å²) in [6.07, 6.45) is 0. The molecule has 7 nitrogen and oxygen atoms in total. The van der Waals surface area contributed by atoms with E-state index in [1.54, 1.807) is 12.1 Å². The van der Waals surface area contributed by atoms with E-state index in [1.807, 2.05) is 72.8 Å². The second kappa shape index (κ2) is 9.79. The average Bonchev–Trinajstić information content (AvgIpc) is 2.89. The monoisotopic (exact) mass is 482 g/mol. The molecular weight excluding hydrogens is 464 g/mol. The fourth-order valence-corrected chi connectivity index (χ4v) is 3.77. The quantitative estimate of drug-likeness (QED) is 0.195. The van der Waals surface area contributed by atoms with Gasteiger partial charge in [-0.25, -0.2) is 9.97 Å². The first-order valence-corrected chi connectivity index (χ1v) is 11.2. The molecule has 5 aromatic rings. The second-order valence-corrected chi connectivity index (χ2v) is 8.15. The van der Waals surface area contributed by atoms with E-state index in [9.17, 15) is 10.1 Å². The summed E-state index contributed by atoms with van der Waals surface area (Å²) in [6, 6.07) is 29.0. The molecule has 0 unspecified atom stereocenters. The number of fused-ring (bicyclic) bond motifs is 1. The maximum atomic E-state index is 11.0. The van der Waals surface area contributed by atoms with Crippen molar-refractivity contribution >= 4 is 39.7 Å². The Labute approximate surface area is 206 Å². The second-order valence-electron chi connectivity index (χ2n) is 7.75. The summed E-state index contributed by atoms with van der Waals surface area (Å²) in [6.45, 7) is 0.377. The fraction of sp³-hybridized carbons (Fsp3) is 0.0370. The molecule has 0 aliphatic carbocycles. The van der Waals surface area contributed by atoms with Gasteiger partial charge in [-0.2, -0.15) is 0 Å². The molecule has 5 rings (SSSR count). The normalized spacial score (nSPS) is 10.8. The number of anilines is 2. The Morgan fingerprint density at radius 2 is 1.57 bits per heavy atom. The van der Waals surface area contributed by atoms with Crippen LogP contribution in [0.5, 0.6) is 5.75 Å². The number of halogens is 1. The Morgan fingerprint density at radius 3 is 2.31 bits per heavy atom. The number of benzene rings is 4. The van der Waals surface area contributed by atoms with Crippen molar-refractivity contribution in [1.29, 1.82) is 0 Å². The van der Waals surface area contributed by atoms with Gasteiger partial charge in [0.15, 0.2) is 5.82 Å². The third-order valence-electron chi connectivity index (χ3n) is 5.41. The van der Waals surface area contributed by atoms with Crippen LogP contribution in [0.4, 0.5) is 17.2 Å². The Kier molecular flexibility index (Phi) is 6.24. The molecule has 0 aliphatic rings. The zero-order valence-electron chi connectivity index (χ0n) is 18.4. The summed E-state index contributed by atoms with van der Waals surface area (Å²) in [5.41, 5.74) is 3.21. The molecule has 1 heterocycles. The van der Waals surface area contributed by atoms with Crippen LogP contribution in [0.1, 0.15) is 5.56 Å². The standard InChI is InChI=1S/C27H19ClN4O3/c28-24-7-3-1-5-19(24)17-35-22-15-11-20(12-16-22)29-27-23-6-2-4-8-25(23)30-26(31-27)18-9-13-21(14-10-18)32(33)34/h1-16H,17H2,(H,29,30,31). The van der Waals surface area contributed by atoms with Crippen molar-refractivity contribution in [2.24, 2.45) is 0 Å². The summed E-state index contributed by atoms with van der Waals surface area (Å²) in [4.78, 5) is 19.9. The maximum Gasteiger partial charge on any atom is 0.269 e. The van der Waals surface area contributed by atoms with E-state index < -0.39 is 4.92 Å². The van der Waals surface area contributed by atoms with Crippen molar-refractivity contribution in [3.63, 3.8) is 0 Å². The highest BCUT2D eigenvalue weighted by Gasteiger charge is 2.12. The highest BCUT2D eigenvalue weighted by atomic mass is 35.5. The van der Waals surface area contributed by atoms with E-state index in [0.29, 0.717) is 28.8 Å². The van der Waals surface area contributed by atoms with Crippen molar-refractivity contribution in [3.8, 4) is 17.1 Å². The zero-order chi connectivity index (χ0) is 24.2. The van der Waals surface area contributed by atoms with Gasteiger partial charge < -0.3 is 10.1 Å². The zero-order valence-corrected chi connectivity index (χ0v) is 19.1. The fourth-order valence-electron chi connectivity index (χ4n) is 3.58. The van der Waals surface area contributed by atoms with Gasteiger partial charge in [0.25, 0.3) is 5.69 Å². The molecule has 0 saturated heterocycles. The third-order valence-corrected chi connectivity index (χ3v) is 5.78. The number of nitro groups is 1. The molecule has 0 aliphatic heterocycles. The molecule has 35 heavy (non-hydrogen) atoms. The Morgan fingerprint density at radius 1 is 0.857 bits per heavy atom. The molecule has 0 fully saturated rings. The molecule has 0 bridgehead atoms. The number of nitrogens with one attached hydrogen (secondary N) is 1. The first kappa shape index (κ1) is 22.3. The van der Waals surface area contributed by atoms with Crippen molar-refractivity contribution in [2.75, 3.05) is 5.32 Å². The highest BCUT2D eigenvalue weighted by Crippen LogP contribution is 2.29. The number of nitrogens with zero attached hydrogens (tertiary/aromatic N) is 3. The van der Waals surface area contributed by atoms with Gasteiger partial charge >= 0.3 is 0 Å². The number of nitro benzene ring substituents is 1. The molecule has 0 spiro atoms. The van der Waals surface area contributed by atoms with Gasteiger partial charge in [0.05, 0.1) is 10.4 Å². The van der Waals surface area contributed by atoms with Gasteiger partial charge in [0.2, 0.25) is 0 Å². The summed E-state index contributed by atoms with van der Waals surface area (Å²) in [7, 11) is 0. The Hall–Kier alpha value is -4.49. The van der Waals surface area contributed by atoms with Gasteiger partial charge in [-0.05, 0) is 54.6 Å². The molecule has 0 atom stereocenters. The Balaban J connectivity index is 1.39. The first-order valence-electron chi connectivity index (χ1n) is 10.8. The van der Waals surface area contributed by atoms with Crippen molar-refractivity contribution in [2.45, 2.75) is 6.61 Å².